The molecule has 1 fully saturated rings. The number of phenolic OH excluding ortho intramolecular Hbond substituents is 1. The molecule has 0 amide bonds. The highest BCUT2D eigenvalue weighted by Crippen LogP contribution is 2.40. The minimum atomic E-state index is -1.03. The number of aliphatic hydroxyl groups is 1. The number of aromatic hydroxyl groups is 1. The number of piperidine rings is 1. The summed E-state index contributed by atoms with van der Waals surface area (Å²) in [5.41, 5.74) is 0.622. The van der Waals surface area contributed by atoms with Gasteiger partial charge in [-0.15, -0.1) is 0 Å². The van der Waals surface area contributed by atoms with E-state index in [1.165, 1.54) is 4.57 Å². The lowest BCUT2D eigenvalue weighted by molar-refractivity contribution is 0.288. The molecule has 0 radical (unpaired) electrons. The van der Waals surface area contributed by atoms with Gasteiger partial charge in [-0.3, -0.25) is 4.98 Å². The van der Waals surface area contributed by atoms with Gasteiger partial charge in [-0.2, -0.15) is 4.98 Å². The van der Waals surface area contributed by atoms with Crippen LogP contribution in [0.5, 0.6) is 5.75 Å². The fourth-order valence-electron chi connectivity index (χ4n) is 5.72. The first kappa shape index (κ1) is 29.8. The van der Waals surface area contributed by atoms with Gasteiger partial charge in [-0.1, -0.05) is 32.4 Å². The Bertz CT molecular complexity index is 1710. The van der Waals surface area contributed by atoms with E-state index >= 15 is 4.39 Å². The Morgan fingerprint density at radius 3 is 2.57 bits per heavy atom. The van der Waals surface area contributed by atoms with Gasteiger partial charge in [0, 0.05) is 25.4 Å². The van der Waals surface area contributed by atoms with Crippen LogP contribution >= 0.6 is 11.6 Å². The van der Waals surface area contributed by atoms with Crippen LogP contribution in [0.1, 0.15) is 64.1 Å². The number of anilines is 1. The largest absolute Gasteiger partial charge is 0.504 e. The van der Waals surface area contributed by atoms with Crippen molar-refractivity contribution in [3.8, 4) is 22.7 Å². The van der Waals surface area contributed by atoms with Crippen molar-refractivity contribution in [2.24, 2.45) is 5.92 Å². The molecule has 11 heteroatoms. The Balaban J connectivity index is 1.92. The number of hydrogen-bond acceptors (Lipinski definition) is 7. The molecule has 0 unspecified atom stereocenters. The fourth-order valence-corrected chi connectivity index (χ4v) is 5.96. The lowest BCUT2D eigenvalue weighted by Crippen LogP contribution is -2.43. The van der Waals surface area contributed by atoms with Crippen molar-refractivity contribution in [2.75, 3.05) is 18.1 Å². The molecule has 0 spiro atoms. The lowest BCUT2D eigenvalue weighted by Gasteiger charge is -2.38. The zero-order valence-electron chi connectivity index (χ0n) is 24.0. The third kappa shape index (κ3) is 5.33. The molecule has 0 bridgehead atoms. The van der Waals surface area contributed by atoms with Crippen molar-refractivity contribution in [3.05, 3.63) is 68.9 Å². The average Bonchev–Trinajstić information content (AvgIpc) is 2.95. The van der Waals surface area contributed by atoms with Crippen molar-refractivity contribution in [3.63, 3.8) is 0 Å². The third-order valence-electron chi connectivity index (χ3n) is 7.92. The van der Waals surface area contributed by atoms with Gasteiger partial charge in [-0.05, 0) is 74.3 Å². The van der Waals surface area contributed by atoms with Crippen LogP contribution in [0.15, 0.2) is 35.3 Å². The number of nitrogens with zero attached hydrogens (tertiary/aromatic N) is 5. The van der Waals surface area contributed by atoms with Crippen molar-refractivity contribution in [1.82, 2.24) is 19.5 Å². The van der Waals surface area contributed by atoms with Crippen LogP contribution in [0.2, 0.25) is 5.02 Å². The molecule has 1 saturated heterocycles. The summed E-state index contributed by atoms with van der Waals surface area (Å²) in [6, 6.07) is 5.12. The standard InChI is InChI=1S/C31H34ClF2N5O3/c1-16(2)25-27(19(6-5-13-40)11-12-35-25)39-30-20(29(37-31(39)42)38-15-17(3)7-8-18(38)4)14-21(32)26(36-30)24-22(33)9-10-23(34)28(24)41/h9-12,14,16-18,40-41H,5-8,13,15H2,1-4H3/t17-,18-/m0/s1. The van der Waals surface area contributed by atoms with Gasteiger partial charge in [0.15, 0.2) is 17.2 Å². The summed E-state index contributed by atoms with van der Waals surface area (Å²) >= 11 is 6.69. The first-order valence-corrected chi connectivity index (χ1v) is 14.6. The summed E-state index contributed by atoms with van der Waals surface area (Å²) in [7, 11) is 0. The summed E-state index contributed by atoms with van der Waals surface area (Å²) in [6.45, 7) is 8.72. The molecule has 222 valence electrons. The van der Waals surface area contributed by atoms with Crippen LogP contribution in [0.4, 0.5) is 14.6 Å². The molecule has 2 N–H and O–H groups in total. The maximum Gasteiger partial charge on any atom is 0.355 e. The monoisotopic (exact) mass is 597 g/mol. The van der Waals surface area contributed by atoms with Crippen LogP contribution < -0.4 is 10.6 Å². The Morgan fingerprint density at radius 2 is 1.86 bits per heavy atom. The number of hydrogen-bond donors (Lipinski definition) is 2. The fraction of sp³-hybridized carbons (Fsp3) is 0.419. The third-order valence-corrected chi connectivity index (χ3v) is 8.20. The van der Waals surface area contributed by atoms with Gasteiger partial charge in [-0.25, -0.2) is 23.1 Å². The van der Waals surface area contributed by atoms with E-state index in [0.29, 0.717) is 47.9 Å². The Morgan fingerprint density at radius 1 is 1.12 bits per heavy atom. The number of halogens is 3. The summed E-state index contributed by atoms with van der Waals surface area (Å²) in [5.74, 6) is -2.22. The molecular formula is C31H34ClF2N5O3. The van der Waals surface area contributed by atoms with Crippen molar-refractivity contribution < 1.29 is 19.0 Å². The van der Waals surface area contributed by atoms with Crippen LogP contribution in [-0.2, 0) is 6.42 Å². The highest BCUT2D eigenvalue weighted by molar-refractivity contribution is 6.34. The van der Waals surface area contributed by atoms with Gasteiger partial charge in [0.05, 0.1) is 33.0 Å². The smallest absolute Gasteiger partial charge is 0.355 e. The quantitative estimate of drug-likeness (QED) is 0.263. The zero-order valence-corrected chi connectivity index (χ0v) is 24.8. The van der Waals surface area contributed by atoms with Crippen molar-refractivity contribution >= 4 is 28.5 Å². The van der Waals surface area contributed by atoms with E-state index in [0.717, 1.165) is 30.5 Å². The minimum absolute atomic E-state index is 0.0379. The minimum Gasteiger partial charge on any atom is -0.504 e. The molecule has 1 aromatic carbocycles. The van der Waals surface area contributed by atoms with Crippen LogP contribution in [0.25, 0.3) is 28.0 Å². The molecule has 1 aliphatic heterocycles. The number of phenols is 1. The predicted octanol–water partition coefficient (Wildman–Crippen LogP) is 6.15. The van der Waals surface area contributed by atoms with Gasteiger partial charge >= 0.3 is 5.69 Å². The predicted molar refractivity (Wildman–Crippen MR) is 160 cm³/mol. The summed E-state index contributed by atoms with van der Waals surface area (Å²) in [6.07, 6.45) is 4.50. The summed E-state index contributed by atoms with van der Waals surface area (Å²) in [5, 5.41) is 20.5. The second-order valence-corrected chi connectivity index (χ2v) is 11.8. The normalized spacial score (nSPS) is 17.4. The molecule has 0 saturated carbocycles. The molecule has 0 aliphatic carbocycles. The first-order valence-electron chi connectivity index (χ1n) is 14.2. The number of aryl methyl sites for hydroxylation is 1. The van der Waals surface area contributed by atoms with Crippen LogP contribution in [0.3, 0.4) is 0 Å². The molecule has 8 nitrogen and oxygen atoms in total. The van der Waals surface area contributed by atoms with E-state index in [2.05, 4.69) is 33.7 Å². The molecule has 4 heterocycles. The number of aromatic nitrogens is 4. The van der Waals surface area contributed by atoms with Crippen LogP contribution in [0, 0.1) is 17.6 Å². The van der Waals surface area contributed by atoms with Crippen LogP contribution in [-0.4, -0.2) is 48.9 Å². The summed E-state index contributed by atoms with van der Waals surface area (Å²) < 4.78 is 30.8. The van der Waals surface area contributed by atoms with E-state index in [4.69, 9.17) is 11.6 Å². The Labute approximate surface area is 247 Å². The number of aliphatic hydroxyl groups excluding tert-OH is 1. The van der Waals surface area contributed by atoms with E-state index in [9.17, 15) is 19.4 Å². The molecular weight excluding hydrogens is 564 g/mol. The lowest BCUT2D eigenvalue weighted by atomic mass is 9.95. The maximum atomic E-state index is 15.1. The molecule has 42 heavy (non-hydrogen) atoms. The number of pyridine rings is 2. The number of rotatable bonds is 7. The van der Waals surface area contributed by atoms with E-state index in [-0.39, 0.29) is 34.9 Å². The molecule has 4 aromatic rings. The molecule has 5 rings (SSSR count). The summed E-state index contributed by atoms with van der Waals surface area (Å²) in [4.78, 5) is 30.0. The zero-order chi connectivity index (χ0) is 30.3. The van der Waals surface area contributed by atoms with E-state index in [1.807, 2.05) is 13.8 Å². The van der Waals surface area contributed by atoms with E-state index in [1.54, 1.807) is 18.3 Å². The SMILES string of the molecule is CC(C)c1nccc(CCCO)c1-n1c(=O)nc(N2C[C@@H](C)CC[C@@H]2C)c2cc(Cl)c(-c3c(F)ccc(F)c3O)nc21. The highest BCUT2D eigenvalue weighted by Gasteiger charge is 2.30. The van der Waals surface area contributed by atoms with Crippen molar-refractivity contribution in [1.29, 1.82) is 0 Å². The van der Waals surface area contributed by atoms with Gasteiger partial charge < -0.3 is 15.1 Å². The number of fused-ring (bicyclic) bond motifs is 1. The average molecular weight is 598 g/mol. The Kier molecular flexibility index (Phi) is 8.48. The highest BCUT2D eigenvalue weighted by atomic mass is 35.5. The topological polar surface area (TPSA) is 104 Å². The van der Waals surface area contributed by atoms with E-state index < -0.39 is 28.6 Å². The second-order valence-electron chi connectivity index (χ2n) is 11.4. The Hall–Kier alpha value is -3.63. The second kappa shape index (κ2) is 11.9. The van der Waals surface area contributed by atoms with Crippen molar-refractivity contribution in [2.45, 2.75) is 65.3 Å². The maximum absolute atomic E-state index is 15.1. The van der Waals surface area contributed by atoms with Gasteiger partial charge in [0.2, 0.25) is 0 Å². The van der Waals surface area contributed by atoms with Gasteiger partial charge in [0.25, 0.3) is 0 Å². The molecule has 3 aromatic heterocycles. The number of benzene rings is 1. The molecule has 1 aliphatic rings. The first-order chi connectivity index (χ1) is 20.0. The van der Waals surface area contributed by atoms with Gasteiger partial charge in [0.1, 0.15) is 11.6 Å². The molecule has 2 atom stereocenters.